The van der Waals surface area contributed by atoms with E-state index in [9.17, 15) is 9.59 Å². The molecule has 2 rings (SSSR count). The van der Waals surface area contributed by atoms with Crippen LogP contribution in [0.4, 0.5) is 0 Å². The number of benzene rings is 2. The van der Waals surface area contributed by atoms with Crippen LogP contribution in [-0.4, -0.2) is 25.7 Å². The molecule has 0 heterocycles. The molecule has 0 bridgehead atoms. The summed E-state index contributed by atoms with van der Waals surface area (Å²) in [5, 5.41) is 2.00. The Bertz CT molecular complexity index is 693. The number of methoxy groups -OCH3 is 1. The third-order valence-electron chi connectivity index (χ3n) is 3.19. The van der Waals surface area contributed by atoms with E-state index in [4.69, 9.17) is 14.2 Å². The molecule has 0 radical (unpaired) electrons. The van der Waals surface area contributed by atoms with E-state index in [0.29, 0.717) is 0 Å². The SMILES string of the molecule is COc1ccc2cc([C@@H](COC(C)=O)OC(C)=O)ccc2c1. The van der Waals surface area contributed by atoms with Crippen LogP contribution >= 0.6 is 0 Å². The highest BCUT2D eigenvalue weighted by atomic mass is 16.6. The molecule has 0 spiro atoms. The Morgan fingerprint density at radius 2 is 1.68 bits per heavy atom. The molecule has 0 fully saturated rings. The molecule has 116 valence electrons. The molecule has 2 aromatic rings. The zero-order valence-corrected chi connectivity index (χ0v) is 12.8. The average molecular weight is 302 g/mol. The molecule has 1 atom stereocenters. The number of carbonyl (C=O) groups is 2. The Morgan fingerprint density at radius 1 is 1.00 bits per heavy atom. The van der Waals surface area contributed by atoms with Crippen molar-refractivity contribution in [2.45, 2.75) is 20.0 Å². The molecule has 0 saturated carbocycles. The number of hydrogen-bond donors (Lipinski definition) is 0. The molecule has 2 aromatic carbocycles. The summed E-state index contributed by atoms with van der Waals surface area (Å²) in [5.41, 5.74) is 0.772. The van der Waals surface area contributed by atoms with Crippen LogP contribution in [0, 0.1) is 0 Å². The third kappa shape index (κ3) is 3.97. The summed E-state index contributed by atoms with van der Waals surface area (Å²) in [7, 11) is 1.62. The van der Waals surface area contributed by atoms with Crippen molar-refractivity contribution in [1.29, 1.82) is 0 Å². The van der Waals surface area contributed by atoms with Gasteiger partial charge in [0, 0.05) is 13.8 Å². The van der Waals surface area contributed by atoms with Gasteiger partial charge in [0.2, 0.25) is 0 Å². The fraction of sp³-hybridized carbons (Fsp3) is 0.294. The monoisotopic (exact) mass is 302 g/mol. The van der Waals surface area contributed by atoms with Gasteiger partial charge in [0.1, 0.15) is 12.4 Å². The highest BCUT2D eigenvalue weighted by Crippen LogP contribution is 2.26. The molecule has 0 saturated heterocycles. The molecule has 22 heavy (non-hydrogen) atoms. The van der Waals surface area contributed by atoms with Crippen molar-refractivity contribution in [3.05, 3.63) is 42.0 Å². The minimum Gasteiger partial charge on any atom is -0.497 e. The summed E-state index contributed by atoms with van der Waals surface area (Å²) in [5.74, 6) is -0.0636. The van der Waals surface area contributed by atoms with Crippen LogP contribution in [0.1, 0.15) is 25.5 Å². The van der Waals surface area contributed by atoms with Crippen molar-refractivity contribution < 1.29 is 23.8 Å². The first-order valence-electron chi connectivity index (χ1n) is 6.88. The van der Waals surface area contributed by atoms with Crippen LogP contribution in [0.25, 0.3) is 10.8 Å². The van der Waals surface area contributed by atoms with E-state index in [-0.39, 0.29) is 6.61 Å². The van der Waals surface area contributed by atoms with Gasteiger partial charge < -0.3 is 14.2 Å². The van der Waals surface area contributed by atoms with Crippen LogP contribution in [0.15, 0.2) is 36.4 Å². The van der Waals surface area contributed by atoms with Crippen LogP contribution in [0.2, 0.25) is 0 Å². The Balaban J connectivity index is 2.31. The fourth-order valence-electron chi connectivity index (χ4n) is 2.16. The smallest absolute Gasteiger partial charge is 0.303 e. The van der Waals surface area contributed by atoms with Crippen molar-refractivity contribution >= 4 is 22.7 Å². The largest absolute Gasteiger partial charge is 0.497 e. The van der Waals surface area contributed by atoms with Gasteiger partial charge in [-0.25, -0.2) is 0 Å². The third-order valence-corrected chi connectivity index (χ3v) is 3.19. The lowest BCUT2D eigenvalue weighted by Gasteiger charge is -2.17. The predicted molar refractivity (Wildman–Crippen MR) is 81.6 cm³/mol. The fourth-order valence-corrected chi connectivity index (χ4v) is 2.16. The maximum Gasteiger partial charge on any atom is 0.303 e. The van der Waals surface area contributed by atoms with Crippen molar-refractivity contribution in [1.82, 2.24) is 0 Å². The highest BCUT2D eigenvalue weighted by molar-refractivity contribution is 5.84. The first kappa shape index (κ1) is 15.8. The molecule has 5 heteroatoms. The first-order valence-corrected chi connectivity index (χ1v) is 6.88. The number of carbonyl (C=O) groups excluding carboxylic acids is 2. The summed E-state index contributed by atoms with van der Waals surface area (Å²) >= 11 is 0. The highest BCUT2D eigenvalue weighted by Gasteiger charge is 2.17. The van der Waals surface area contributed by atoms with Gasteiger partial charge in [-0.15, -0.1) is 0 Å². The van der Waals surface area contributed by atoms with Gasteiger partial charge in [0.15, 0.2) is 6.10 Å². The van der Waals surface area contributed by atoms with Gasteiger partial charge in [-0.1, -0.05) is 18.2 Å². The number of esters is 2. The summed E-state index contributed by atoms with van der Waals surface area (Å²) in [6, 6.07) is 11.4. The van der Waals surface area contributed by atoms with E-state index in [1.165, 1.54) is 13.8 Å². The lowest BCUT2D eigenvalue weighted by Crippen LogP contribution is -2.16. The van der Waals surface area contributed by atoms with E-state index in [0.717, 1.165) is 22.1 Å². The number of ether oxygens (including phenoxy) is 3. The molecule has 5 nitrogen and oxygen atoms in total. The minimum absolute atomic E-state index is 0.00340. The summed E-state index contributed by atoms with van der Waals surface area (Å²) in [6.07, 6.45) is -0.618. The zero-order chi connectivity index (χ0) is 16.1. The Morgan fingerprint density at radius 3 is 2.32 bits per heavy atom. The standard InChI is InChI=1S/C17H18O5/c1-11(18)21-10-17(22-12(2)19)15-5-4-14-9-16(20-3)7-6-13(14)8-15/h4-9,17H,10H2,1-3H3/t17-/m1/s1. The lowest BCUT2D eigenvalue weighted by atomic mass is 10.0. The lowest BCUT2D eigenvalue weighted by molar-refractivity contribution is -0.156. The van der Waals surface area contributed by atoms with E-state index in [1.54, 1.807) is 7.11 Å². The van der Waals surface area contributed by atoms with Gasteiger partial charge >= 0.3 is 11.9 Å². The van der Waals surface area contributed by atoms with Crippen molar-refractivity contribution in [2.24, 2.45) is 0 Å². The number of rotatable bonds is 5. The maximum atomic E-state index is 11.2. The molecule has 0 aliphatic carbocycles. The Labute approximate surface area is 128 Å². The van der Waals surface area contributed by atoms with Crippen LogP contribution in [0.5, 0.6) is 5.75 Å². The van der Waals surface area contributed by atoms with Crippen LogP contribution < -0.4 is 4.74 Å². The maximum absolute atomic E-state index is 11.2. The molecule has 0 aliphatic rings. The van der Waals surface area contributed by atoms with Gasteiger partial charge in [0.05, 0.1) is 7.11 Å². The van der Waals surface area contributed by atoms with Gasteiger partial charge in [0.25, 0.3) is 0 Å². The molecule has 0 amide bonds. The second-order valence-electron chi connectivity index (χ2n) is 4.87. The summed E-state index contributed by atoms with van der Waals surface area (Å²) in [6.45, 7) is 2.64. The Kier molecular flexibility index (Phi) is 4.99. The second-order valence-corrected chi connectivity index (χ2v) is 4.87. The first-order chi connectivity index (χ1) is 10.5. The molecular weight excluding hydrogens is 284 g/mol. The van der Waals surface area contributed by atoms with E-state index in [2.05, 4.69) is 0 Å². The number of fused-ring (bicyclic) bond motifs is 1. The van der Waals surface area contributed by atoms with Crippen molar-refractivity contribution in [2.75, 3.05) is 13.7 Å². The van der Waals surface area contributed by atoms with Crippen molar-refractivity contribution in [3.63, 3.8) is 0 Å². The Hall–Kier alpha value is -2.56. The van der Waals surface area contributed by atoms with Crippen LogP contribution in [0.3, 0.4) is 0 Å². The second kappa shape index (κ2) is 6.93. The molecule has 0 unspecified atom stereocenters. The zero-order valence-electron chi connectivity index (χ0n) is 12.8. The van der Waals surface area contributed by atoms with E-state index >= 15 is 0 Å². The van der Waals surface area contributed by atoms with Gasteiger partial charge in [-0.3, -0.25) is 9.59 Å². The molecular formula is C17H18O5. The van der Waals surface area contributed by atoms with Crippen LogP contribution in [-0.2, 0) is 19.1 Å². The minimum atomic E-state index is -0.618. The molecule has 0 N–H and O–H groups in total. The quantitative estimate of drug-likeness (QED) is 0.794. The number of hydrogen-bond acceptors (Lipinski definition) is 5. The average Bonchev–Trinajstić information content (AvgIpc) is 2.49. The van der Waals surface area contributed by atoms with E-state index in [1.807, 2.05) is 36.4 Å². The summed E-state index contributed by atoms with van der Waals surface area (Å²) in [4.78, 5) is 22.2. The normalized spacial score (nSPS) is 11.8. The predicted octanol–water partition coefficient (Wildman–Crippen LogP) is 3.02. The molecule has 0 aliphatic heterocycles. The van der Waals surface area contributed by atoms with E-state index < -0.39 is 18.0 Å². The van der Waals surface area contributed by atoms with Gasteiger partial charge in [-0.2, -0.15) is 0 Å². The topological polar surface area (TPSA) is 61.8 Å². The van der Waals surface area contributed by atoms with Crippen molar-refractivity contribution in [3.8, 4) is 5.75 Å². The summed E-state index contributed by atoms with van der Waals surface area (Å²) < 4.78 is 15.4. The molecule has 0 aromatic heterocycles. The van der Waals surface area contributed by atoms with Gasteiger partial charge in [-0.05, 0) is 34.5 Å².